The first-order chi connectivity index (χ1) is 16.6. The molecule has 1 atom stereocenters. The van der Waals surface area contributed by atoms with Crippen molar-refractivity contribution in [3.05, 3.63) is 72.3 Å². The highest BCUT2D eigenvalue weighted by Gasteiger charge is 2.26. The number of hydrogen-bond acceptors (Lipinski definition) is 8. The molecular weight excluding hydrogens is 428 g/mol. The number of nitrogens with one attached hydrogen (secondary N) is 3. The number of hydrogen-bond donors (Lipinski definition) is 3. The average molecular weight is 455 g/mol. The Hall–Kier alpha value is -3.98. The fraction of sp³-hybridized carbons (Fsp3) is 0.280. The van der Waals surface area contributed by atoms with Crippen molar-refractivity contribution in [1.29, 1.82) is 10.8 Å². The van der Waals surface area contributed by atoms with Crippen LogP contribution in [0.3, 0.4) is 0 Å². The van der Waals surface area contributed by atoms with Crippen molar-refractivity contribution in [3.63, 3.8) is 0 Å². The lowest BCUT2D eigenvalue weighted by Crippen LogP contribution is -2.28. The van der Waals surface area contributed by atoms with Crippen LogP contribution in [0.5, 0.6) is 0 Å². The lowest BCUT2D eigenvalue weighted by Gasteiger charge is -2.23. The number of benzene rings is 1. The minimum absolute atomic E-state index is 0.312. The minimum Gasteiger partial charge on any atom is -0.381 e. The zero-order valence-corrected chi connectivity index (χ0v) is 18.9. The normalized spacial score (nSPS) is 15.2. The van der Waals surface area contributed by atoms with Crippen molar-refractivity contribution < 1.29 is 4.74 Å². The maximum absolute atomic E-state index is 8.72. The summed E-state index contributed by atoms with van der Waals surface area (Å²) in [5, 5.41) is 29.2. The summed E-state index contributed by atoms with van der Waals surface area (Å²) in [6.07, 6.45) is 5.50. The molecule has 4 heterocycles. The summed E-state index contributed by atoms with van der Waals surface area (Å²) in [4.78, 5) is 9.07. The smallest absolute Gasteiger partial charge is 0.223 e. The van der Waals surface area contributed by atoms with Gasteiger partial charge in [0.2, 0.25) is 5.95 Å². The molecule has 9 nitrogen and oxygen atoms in total. The van der Waals surface area contributed by atoms with E-state index in [9.17, 15) is 0 Å². The van der Waals surface area contributed by atoms with Crippen LogP contribution >= 0.6 is 0 Å². The van der Waals surface area contributed by atoms with Crippen molar-refractivity contribution in [2.75, 3.05) is 18.5 Å². The van der Waals surface area contributed by atoms with Gasteiger partial charge >= 0.3 is 0 Å². The van der Waals surface area contributed by atoms with Gasteiger partial charge < -0.3 is 20.9 Å². The van der Waals surface area contributed by atoms with Crippen LogP contribution in [0, 0.1) is 10.8 Å². The lowest BCUT2D eigenvalue weighted by atomic mass is 9.92. The Morgan fingerprint density at radius 2 is 1.88 bits per heavy atom. The molecule has 3 aromatic heterocycles. The molecule has 3 N–H and O–H groups in total. The fourth-order valence-electron chi connectivity index (χ4n) is 4.20. The Bertz CT molecular complexity index is 1330. The summed E-state index contributed by atoms with van der Waals surface area (Å²) in [6, 6.07) is 15.5. The van der Waals surface area contributed by atoms with Crippen molar-refractivity contribution in [2.24, 2.45) is 0 Å². The van der Waals surface area contributed by atoms with Gasteiger partial charge in [-0.2, -0.15) is 0 Å². The molecule has 172 valence electrons. The highest BCUT2D eigenvalue weighted by Crippen LogP contribution is 2.25. The highest BCUT2D eigenvalue weighted by molar-refractivity contribution is 6.16. The summed E-state index contributed by atoms with van der Waals surface area (Å²) in [5.74, 6) is 0.562. The molecule has 1 fully saturated rings. The topological polar surface area (TPSA) is 125 Å². The number of rotatable bonds is 7. The second kappa shape index (κ2) is 9.48. The maximum Gasteiger partial charge on any atom is 0.223 e. The number of ether oxygens (including phenoxy) is 1. The molecule has 1 unspecified atom stereocenters. The first-order valence-corrected chi connectivity index (χ1v) is 11.3. The van der Waals surface area contributed by atoms with E-state index >= 15 is 0 Å². The van der Waals surface area contributed by atoms with Crippen LogP contribution in [0.4, 0.5) is 5.95 Å². The first-order valence-electron chi connectivity index (χ1n) is 11.3. The van der Waals surface area contributed by atoms with Crippen molar-refractivity contribution in [3.8, 4) is 11.3 Å². The van der Waals surface area contributed by atoms with Crippen LogP contribution in [0.15, 0.2) is 60.9 Å². The van der Waals surface area contributed by atoms with Crippen molar-refractivity contribution in [1.82, 2.24) is 24.6 Å². The zero-order chi connectivity index (χ0) is 23.5. The molecule has 1 aromatic carbocycles. The van der Waals surface area contributed by atoms with Gasteiger partial charge in [0, 0.05) is 42.9 Å². The van der Waals surface area contributed by atoms with Gasteiger partial charge in [-0.15, -0.1) is 10.2 Å². The summed E-state index contributed by atoms with van der Waals surface area (Å²) in [6.45, 7) is 3.20. The average Bonchev–Trinajstić information content (AvgIpc) is 3.28. The van der Waals surface area contributed by atoms with Crippen molar-refractivity contribution >= 4 is 23.0 Å². The van der Waals surface area contributed by atoms with E-state index in [1.165, 1.54) is 0 Å². The summed E-state index contributed by atoms with van der Waals surface area (Å²) >= 11 is 0. The largest absolute Gasteiger partial charge is 0.381 e. The summed E-state index contributed by atoms with van der Waals surface area (Å²) in [7, 11) is 0. The molecule has 1 saturated heterocycles. The van der Waals surface area contributed by atoms with E-state index < -0.39 is 5.92 Å². The third kappa shape index (κ3) is 4.42. The van der Waals surface area contributed by atoms with Gasteiger partial charge in [-0.1, -0.05) is 30.3 Å². The van der Waals surface area contributed by atoms with E-state index in [2.05, 4.69) is 20.5 Å². The number of anilines is 1. The molecule has 0 radical (unpaired) electrons. The van der Waals surface area contributed by atoms with E-state index in [4.69, 9.17) is 20.5 Å². The fourth-order valence-corrected chi connectivity index (χ4v) is 4.20. The van der Waals surface area contributed by atoms with Gasteiger partial charge in [0.1, 0.15) is 0 Å². The predicted octanol–water partition coefficient (Wildman–Crippen LogP) is 3.97. The molecule has 5 rings (SSSR count). The van der Waals surface area contributed by atoms with Gasteiger partial charge in [0.05, 0.1) is 17.3 Å². The van der Waals surface area contributed by atoms with E-state index in [0.29, 0.717) is 34.9 Å². The quantitative estimate of drug-likeness (QED) is 0.363. The van der Waals surface area contributed by atoms with Crippen LogP contribution in [-0.4, -0.2) is 55.2 Å². The Labute approximate surface area is 197 Å². The molecule has 9 heteroatoms. The maximum atomic E-state index is 8.72. The molecule has 1 aliphatic heterocycles. The van der Waals surface area contributed by atoms with Gasteiger partial charge in [0.25, 0.3) is 0 Å². The van der Waals surface area contributed by atoms with E-state index in [-0.39, 0.29) is 0 Å². The van der Waals surface area contributed by atoms with Crippen LogP contribution in [0.25, 0.3) is 16.9 Å². The second-order valence-corrected chi connectivity index (χ2v) is 8.39. The summed E-state index contributed by atoms with van der Waals surface area (Å²) in [5.41, 5.74) is 3.74. The molecule has 34 heavy (non-hydrogen) atoms. The van der Waals surface area contributed by atoms with E-state index in [1.54, 1.807) is 13.1 Å². The van der Waals surface area contributed by atoms with Crippen LogP contribution < -0.4 is 5.32 Å². The van der Waals surface area contributed by atoms with Crippen LogP contribution in [-0.2, 0) is 4.74 Å². The van der Waals surface area contributed by atoms with Gasteiger partial charge in [0.15, 0.2) is 11.5 Å². The number of aromatic nitrogens is 5. The number of nitrogens with zero attached hydrogens (tertiary/aromatic N) is 5. The van der Waals surface area contributed by atoms with Crippen molar-refractivity contribution in [2.45, 2.75) is 31.7 Å². The summed E-state index contributed by atoms with van der Waals surface area (Å²) < 4.78 is 7.26. The lowest BCUT2D eigenvalue weighted by molar-refractivity contribution is 0.0903. The second-order valence-electron chi connectivity index (χ2n) is 8.39. The van der Waals surface area contributed by atoms with Gasteiger partial charge in [-0.25, -0.2) is 9.97 Å². The first kappa shape index (κ1) is 21.8. The van der Waals surface area contributed by atoms with E-state index in [0.717, 1.165) is 42.9 Å². The number of pyridine rings is 1. The minimum atomic E-state index is -0.586. The van der Waals surface area contributed by atoms with Gasteiger partial charge in [-0.3, -0.25) is 4.40 Å². The molecule has 0 bridgehead atoms. The highest BCUT2D eigenvalue weighted by atomic mass is 16.5. The third-order valence-corrected chi connectivity index (χ3v) is 6.01. The Morgan fingerprint density at radius 1 is 1.09 bits per heavy atom. The molecule has 0 spiro atoms. The SMILES string of the molecule is CC(=N)C(C(=N)c1ccccc1)c1nnc2cc(-c3ccnc(NC4CCOCC4)n3)ccn12. The molecule has 1 aliphatic rings. The molecule has 4 aromatic rings. The molecule has 0 amide bonds. The van der Waals surface area contributed by atoms with Crippen LogP contribution in [0.1, 0.15) is 37.1 Å². The zero-order valence-electron chi connectivity index (χ0n) is 18.9. The molecular formula is C25H26N8O. The Kier molecular flexibility index (Phi) is 6.09. The third-order valence-electron chi connectivity index (χ3n) is 6.01. The molecule has 0 saturated carbocycles. The van der Waals surface area contributed by atoms with Crippen LogP contribution in [0.2, 0.25) is 0 Å². The predicted molar refractivity (Wildman–Crippen MR) is 131 cm³/mol. The Balaban J connectivity index is 1.44. The standard InChI is InChI=1S/C25H26N8O/c1-16(26)22(23(27)17-5-3-2-4-6-17)24-32-31-21-15-18(8-12-33(21)24)20-7-11-28-25(30-20)29-19-9-13-34-14-10-19/h2-8,11-12,15,19,22,26-27H,9-10,13-14H2,1H3,(H,28,29,30). The number of fused-ring (bicyclic) bond motifs is 1. The Morgan fingerprint density at radius 3 is 2.65 bits per heavy atom. The monoisotopic (exact) mass is 454 g/mol. The van der Waals surface area contributed by atoms with E-state index in [1.807, 2.05) is 59.1 Å². The molecule has 0 aliphatic carbocycles. The van der Waals surface area contributed by atoms with Gasteiger partial charge in [-0.05, 0) is 43.5 Å².